The van der Waals surface area contributed by atoms with Crippen LogP contribution in [0.3, 0.4) is 0 Å². The number of carbonyl (C=O) groups is 1. The highest BCUT2D eigenvalue weighted by Gasteiger charge is 2.18. The van der Waals surface area contributed by atoms with E-state index in [1.807, 2.05) is 18.2 Å². The fourth-order valence-corrected chi connectivity index (χ4v) is 3.13. The maximum atomic E-state index is 11.9. The van der Waals surface area contributed by atoms with E-state index >= 15 is 0 Å². The number of halogens is 1. The first kappa shape index (κ1) is 26.3. The van der Waals surface area contributed by atoms with Crippen LogP contribution in [0, 0.1) is 0 Å². The highest BCUT2D eigenvalue weighted by molar-refractivity contribution is 14.0. The van der Waals surface area contributed by atoms with Crippen LogP contribution in [-0.4, -0.2) is 57.2 Å². The number of benzene rings is 1. The number of guanidine groups is 1. The van der Waals surface area contributed by atoms with Gasteiger partial charge in [-0.15, -0.1) is 24.0 Å². The van der Waals surface area contributed by atoms with Gasteiger partial charge in [0.15, 0.2) is 5.96 Å². The Bertz CT molecular complexity index is 676. The second kappa shape index (κ2) is 14.3. The molecule has 1 saturated carbocycles. The summed E-state index contributed by atoms with van der Waals surface area (Å²) in [4.78, 5) is 18.2. The maximum Gasteiger partial charge on any atom is 0.241 e. The summed E-state index contributed by atoms with van der Waals surface area (Å²) >= 11 is 0. The van der Waals surface area contributed by atoms with Gasteiger partial charge in [0.25, 0.3) is 0 Å². The molecule has 1 aromatic carbocycles. The van der Waals surface area contributed by atoms with Crippen LogP contribution in [0.2, 0.25) is 0 Å². The molecular formula is C22H37IN4O3. The lowest BCUT2D eigenvalue weighted by Crippen LogP contribution is -2.43. The molecule has 170 valence electrons. The number of rotatable bonds is 10. The van der Waals surface area contributed by atoms with Gasteiger partial charge in [0.2, 0.25) is 5.91 Å². The molecule has 1 fully saturated rings. The van der Waals surface area contributed by atoms with E-state index in [9.17, 15) is 4.79 Å². The van der Waals surface area contributed by atoms with Crippen LogP contribution < -0.4 is 20.1 Å². The summed E-state index contributed by atoms with van der Waals surface area (Å²) in [6, 6.07) is 5.87. The molecule has 1 aromatic rings. The van der Waals surface area contributed by atoms with Crippen LogP contribution in [0.1, 0.15) is 51.0 Å². The number of nitrogens with zero attached hydrogens (tertiary/aromatic N) is 2. The smallest absolute Gasteiger partial charge is 0.241 e. The summed E-state index contributed by atoms with van der Waals surface area (Å²) in [5.74, 6) is 2.25. The summed E-state index contributed by atoms with van der Waals surface area (Å²) in [7, 11) is 5.15. The van der Waals surface area contributed by atoms with Crippen molar-refractivity contribution in [3.8, 4) is 11.5 Å². The minimum Gasteiger partial charge on any atom is -0.497 e. The lowest BCUT2D eigenvalue weighted by Gasteiger charge is -2.18. The third-order valence-electron chi connectivity index (χ3n) is 5.01. The molecular weight excluding hydrogens is 495 g/mol. The van der Waals surface area contributed by atoms with Crippen molar-refractivity contribution in [2.45, 2.75) is 58.1 Å². The fraction of sp³-hybridized carbons (Fsp3) is 0.636. The van der Waals surface area contributed by atoms with Gasteiger partial charge < -0.3 is 25.0 Å². The Kier molecular flexibility index (Phi) is 12.6. The van der Waals surface area contributed by atoms with Crippen LogP contribution in [0.4, 0.5) is 0 Å². The van der Waals surface area contributed by atoms with E-state index in [1.54, 1.807) is 26.1 Å². The molecule has 30 heavy (non-hydrogen) atoms. The minimum atomic E-state index is 0. The molecule has 8 heteroatoms. The molecule has 0 aliphatic heterocycles. The molecule has 1 aliphatic rings. The van der Waals surface area contributed by atoms with Crippen LogP contribution in [0.5, 0.6) is 11.5 Å². The standard InChI is InChI=1S/C22H36N4O3.HI/c1-5-6-13-23-22(25-16-21(27)26(2)3)24-15-17-11-12-19(28-4)14-20(17)29-18-9-7-8-10-18;/h11-12,14,18H,5-10,13,15-16H2,1-4H3,(H2,23,24,25);1H. The fourth-order valence-electron chi connectivity index (χ4n) is 3.13. The van der Waals surface area contributed by atoms with E-state index in [0.717, 1.165) is 49.3 Å². The largest absolute Gasteiger partial charge is 0.497 e. The predicted molar refractivity (Wildman–Crippen MR) is 132 cm³/mol. The Morgan fingerprint density at radius 1 is 1.23 bits per heavy atom. The Labute approximate surface area is 198 Å². The zero-order valence-electron chi connectivity index (χ0n) is 18.7. The SMILES string of the molecule is CCCCNC(=NCc1ccc(OC)cc1OC1CCCC1)NCC(=O)N(C)C.I. The number of amides is 1. The van der Waals surface area contributed by atoms with Crippen LogP contribution in [-0.2, 0) is 11.3 Å². The van der Waals surface area contributed by atoms with Crippen LogP contribution in [0.15, 0.2) is 23.2 Å². The molecule has 0 atom stereocenters. The average molecular weight is 532 g/mol. The second-order valence-electron chi connectivity index (χ2n) is 7.58. The van der Waals surface area contributed by atoms with Crippen molar-refractivity contribution in [2.75, 3.05) is 34.3 Å². The summed E-state index contributed by atoms with van der Waals surface area (Å²) in [6.45, 7) is 3.63. The van der Waals surface area contributed by atoms with Crippen LogP contribution in [0.25, 0.3) is 0 Å². The van der Waals surface area contributed by atoms with E-state index in [0.29, 0.717) is 12.5 Å². The molecule has 7 nitrogen and oxygen atoms in total. The van der Waals surface area contributed by atoms with Crippen molar-refractivity contribution in [3.63, 3.8) is 0 Å². The molecule has 0 unspecified atom stereocenters. The van der Waals surface area contributed by atoms with Gasteiger partial charge in [-0.2, -0.15) is 0 Å². The Morgan fingerprint density at radius 2 is 1.97 bits per heavy atom. The first-order valence-electron chi connectivity index (χ1n) is 10.6. The Balaban J connectivity index is 0.00000450. The molecule has 0 heterocycles. The van der Waals surface area contributed by atoms with Gasteiger partial charge in [0, 0.05) is 32.3 Å². The normalized spacial score (nSPS) is 14.1. The number of hydrogen-bond acceptors (Lipinski definition) is 4. The number of carbonyl (C=O) groups excluding carboxylic acids is 1. The molecule has 0 bridgehead atoms. The number of unbranched alkanes of at least 4 members (excludes halogenated alkanes) is 1. The van der Waals surface area contributed by atoms with Crippen molar-refractivity contribution in [1.82, 2.24) is 15.5 Å². The zero-order chi connectivity index (χ0) is 21.1. The Hall–Kier alpha value is -1.71. The lowest BCUT2D eigenvalue weighted by atomic mass is 10.2. The molecule has 1 aliphatic carbocycles. The summed E-state index contributed by atoms with van der Waals surface area (Å²) in [6.07, 6.45) is 7.03. The molecule has 0 spiro atoms. The monoisotopic (exact) mass is 532 g/mol. The number of aliphatic imine (C=N–C) groups is 1. The van der Waals surface area contributed by atoms with E-state index in [1.165, 1.54) is 12.8 Å². The van der Waals surface area contributed by atoms with Crippen molar-refractivity contribution < 1.29 is 14.3 Å². The van der Waals surface area contributed by atoms with E-state index in [2.05, 4.69) is 17.6 Å². The van der Waals surface area contributed by atoms with Crippen molar-refractivity contribution in [3.05, 3.63) is 23.8 Å². The first-order valence-corrected chi connectivity index (χ1v) is 10.6. The average Bonchev–Trinajstić information content (AvgIpc) is 3.23. The Morgan fingerprint density at radius 3 is 2.60 bits per heavy atom. The summed E-state index contributed by atoms with van der Waals surface area (Å²) in [5, 5.41) is 6.43. The molecule has 0 aromatic heterocycles. The van der Waals surface area contributed by atoms with Gasteiger partial charge in [-0.05, 0) is 44.2 Å². The van der Waals surface area contributed by atoms with Crippen LogP contribution >= 0.6 is 24.0 Å². The highest BCUT2D eigenvalue weighted by atomic mass is 127. The quantitative estimate of drug-likeness (QED) is 0.209. The molecule has 2 rings (SSSR count). The highest BCUT2D eigenvalue weighted by Crippen LogP contribution is 2.30. The van der Waals surface area contributed by atoms with Crippen molar-refractivity contribution in [1.29, 1.82) is 0 Å². The van der Waals surface area contributed by atoms with Gasteiger partial charge in [-0.3, -0.25) is 4.79 Å². The molecule has 2 N–H and O–H groups in total. The van der Waals surface area contributed by atoms with E-state index in [-0.39, 0.29) is 42.5 Å². The maximum absolute atomic E-state index is 11.9. The second-order valence-corrected chi connectivity index (χ2v) is 7.58. The van der Waals surface area contributed by atoms with Gasteiger partial charge in [0.05, 0.1) is 26.3 Å². The van der Waals surface area contributed by atoms with Gasteiger partial charge >= 0.3 is 0 Å². The summed E-state index contributed by atoms with van der Waals surface area (Å²) < 4.78 is 11.6. The van der Waals surface area contributed by atoms with Gasteiger partial charge in [-0.25, -0.2) is 4.99 Å². The van der Waals surface area contributed by atoms with E-state index in [4.69, 9.17) is 14.5 Å². The number of nitrogens with one attached hydrogen (secondary N) is 2. The predicted octanol–water partition coefficient (Wildman–Crippen LogP) is 3.56. The first-order chi connectivity index (χ1) is 14.0. The topological polar surface area (TPSA) is 75.2 Å². The minimum absolute atomic E-state index is 0. The third kappa shape index (κ3) is 8.97. The molecule has 1 amide bonds. The van der Waals surface area contributed by atoms with Gasteiger partial charge in [0.1, 0.15) is 11.5 Å². The van der Waals surface area contributed by atoms with E-state index < -0.39 is 0 Å². The molecule has 0 radical (unpaired) electrons. The lowest BCUT2D eigenvalue weighted by molar-refractivity contribution is -0.127. The van der Waals surface area contributed by atoms with Gasteiger partial charge in [-0.1, -0.05) is 13.3 Å². The number of methoxy groups -OCH3 is 1. The zero-order valence-corrected chi connectivity index (χ0v) is 21.0. The number of likely N-dealkylation sites (N-methyl/N-ethyl adjacent to an activating group) is 1. The third-order valence-corrected chi connectivity index (χ3v) is 5.01. The van der Waals surface area contributed by atoms with Crippen molar-refractivity contribution >= 4 is 35.8 Å². The molecule has 0 saturated heterocycles. The number of hydrogen-bond donors (Lipinski definition) is 2. The van der Waals surface area contributed by atoms with Crippen molar-refractivity contribution in [2.24, 2.45) is 4.99 Å². The summed E-state index contributed by atoms with van der Waals surface area (Å²) in [5.41, 5.74) is 1.01. The number of ether oxygens (including phenoxy) is 2.